The summed E-state index contributed by atoms with van der Waals surface area (Å²) in [6.45, 7) is 0.282. The summed E-state index contributed by atoms with van der Waals surface area (Å²) in [7, 11) is 0. The van der Waals surface area contributed by atoms with Gasteiger partial charge in [0.2, 0.25) is 5.88 Å². The molecule has 1 aromatic heterocycles. The summed E-state index contributed by atoms with van der Waals surface area (Å²) in [5, 5.41) is 0.874. The number of hydrogen-bond acceptors (Lipinski definition) is 5. The maximum Gasteiger partial charge on any atom is 0.414 e. The second kappa shape index (κ2) is 9.42. The molecule has 178 valence electrons. The van der Waals surface area contributed by atoms with Crippen LogP contribution in [0.5, 0.6) is 5.88 Å². The molecule has 10 heteroatoms. The molecule has 0 spiro atoms. The van der Waals surface area contributed by atoms with E-state index < -0.39 is 30.4 Å². The molecule has 3 aromatic rings. The third-order valence-electron chi connectivity index (χ3n) is 5.86. The van der Waals surface area contributed by atoms with Crippen LogP contribution in [-0.2, 0) is 4.74 Å². The highest BCUT2D eigenvalue weighted by Gasteiger charge is 2.47. The first kappa shape index (κ1) is 23.7. The molecule has 2 amide bonds. The molecule has 0 aliphatic carbocycles. The minimum absolute atomic E-state index is 0. The Labute approximate surface area is 200 Å². The number of cyclic esters (lactones) is 1. The fourth-order valence-electron chi connectivity index (χ4n) is 4.05. The van der Waals surface area contributed by atoms with Crippen molar-refractivity contribution >= 4 is 41.0 Å². The van der Waals surface area contributed by atoms with Gasteiger partial charge in [0.05, 0.1) is 18.6 Å². The fourth-order valence-corrected chi connectivity index (χ4v) is 4.05. The van der Waals surface area contributed by atoms with Crippen LogP contribution in [0.2, 0.25) is 0 Å². The van der Waals surface area contributed by atoms with Crippen LogP contribution >= 0.6 is 12.4 Å². The van der Waals surface area contributed by atoms with Crippen LogP contribution in [0.3, 0.4) is 0 Å². The number of piperidine rings is 1. The number of alkyl halides is 2. The van der Waals surface area contributed by atoms with Crippen molar-refractivity contribution in [3.63, 3.8) is 0 Å². The van der Waals surface area contributed by atoms with E-state index in [9.17, 15) is 18.4 Å². The third-order valence-corrected chi connectivity index (χ3v) is 5.86. The molecule has 0 saturated carbocycles. The van der Waals surface area contributed by atoms with Crippen LogP contribution in [0.15, 0.2) is 60.7 Å². The number of pyridine rings is 1. The van der Waals surface area contributed by atoms with Gasteiger partial charge in [-0.25, -0.2) is 18.6 Å². The van der Waals surface area contributed by atoms with Crippen LogP contribution in [0.25, 0.3) is 10.9 Å². The number of likely N-dealkylation sites (tertiary alicyclic amines) is 1. The molecule has 0 bridgehead atoms. The van der Waals surface area contributed by atoms with E-state index in [4.69, 9.17) is 9.47 Å². The Morgan fingerprint density at radius 3 is 2.71 bits per heavy atom. The van der Waals surface area contributed by atoms with Crippen molar-refractivity contribution in [1.29, 1.82) is 0 Å². The van der Waals surface area contributed by atoms with Gasteiger partial charge in [-0.3, -0.25) is 9.69 Å². The van der Waals surface area contributed by atoms with Gasteiger partial charge in [-0.05, 0) is 30.3 Å². The molecule has 5 rings (SSSR count). The molecule has 2 fully saturated rings. The SMILES string of the molecule is Cl.O=C(c1cccc(N2CCOC2=O)c1)N1CCC(F)(F)[C@@H](Oc2ccc3ccccc3n2)C1. The lowest BCUT2D eigenvalue weighted by Gasteiger charge is -2.38. The summed E-state index contributed by atoms with van der Waals surface area (Å²) in [6, 6.07) is 17.2. The molecule has 0 N–H and O–H groups in total. The Morgan fingerprint density at radius 2 is 1.91 bits per heavy atom. The number of hydrogen-bond donors (Lipinski definition) is 0. The minimum atomic E-state index is -3.11. The average Bonchev–Trinajstić information content (AvgIpc) is 3.26. The van der Waals surface area contributed by atoms with Crippen molar-refractivity contribution in [3.05, 3.63) is 66.2 Å². The number of amides is 2. The van der Waals surface area contributed by atoms with Crippen molar-refractivity contribution in [2.45, 2.75) is 18.4 Å². The zero-order valence-electron chi connectivity index (χ0n) is 18.0. The highest BCUT2D eigenvalue weighted by atomic mass is 35.5. The molecule has 0 radical (unpaired) electrons. The van der Waals surface area contributed by atoms with Gasteiger partial charge in [0.25, 0.3) is 11.8 Å². The highest BCUT2D eigenvalue weighted by Crippen LogP contribution is 2.32. The molecule has 2 saturated heterocycles. The zero-order valence-corrected chi connectivity index (χ0v) is 18.8. The highest BCUT2D eigenvalue weighted by molar-refractivity contribution is 5.97. The van der Waals surface area contributed by atoms with Crippen molar-refractivity contribution in [2.24, 2.45) is 0 Å². The quantitative estimate of drug-likeness (QED) is 0.538. The summed E-state index contributed by atoms with van der Waals surface area (Å²) >= 11 is 0. The van der Waals surface area contributed by atoms with Crippen LogP contribution in [0.4, 0.5) is 19.3 Å². The molecule has 2 aliphatic heterocycles. The molecular formula is C24H22ClF2N3O4. The largest absolute Gasteiger partial charge is 0.466 e. The number of rotatable bonds is 4. The second-order valence-electron chi connectivity index (χ2n) is 8.03. The summed E-state index contributed by atoms with van der Waals surface area (Å²) in [5.74, 6) is -3.42. The lowest BCUT2D eigenvalue weighted by molar-refractivity contribution is -0.131. The lowest BCUT2D eigenvalue weighted by Crippen LogP contribution is -2.55. The van der Waals surface area contributed by atoms with E-state index in [2.05, 4.69) is 4.98 Å². The number of fused-ring (bicyclic) bond motifs is 1. The van der Waals surface area contributed by atoms with Crippen LogP contribution in [-0.4, -0.2) is 60.2 Å². The Bertz CT molecular complexity index is 1230. The molecule has 0 unspecified atom stereocenters. The Balaban J connectivity index is 0.00000274. The molecule has 3 heterocycles. The molecule has 34 heavy (non-hydrogen) atoms. The summed E-state index contributed by atoms with van der Waals surface area (Å²) in [5.41, 5.74) is 1.47. The van der Waals surface area contributed by atoms with E-state index in [1.165, 1.54) is 9.80 Å². The van der Waals surface area contributed by atoms with E-state index in [0.717, 1.165) is 5.39 Å². The molecule has 2 aliphatic rings. The van der Waals surface area contributed by atoms with Crippen LogP contribution < -0.4 is 9.64 Å². The normalized spacial score (nSPS) is 19.5. The standard InChI is InChI=1S/C24H21F2N3O4.ClH/c25-24(26)10-11-28(15-20(24)33-21-9-8-16-4-1-2-7-19(16)27-21)22(30)17-5-3-6-18(14-17)29-12-13-32-23(29)31;/h1-9,14,20H,10-13,15H2;1H/t20-;/m0./s1. The molecular weight excluding hydrogens is 468 g/mol. The van der Waals surface area contributed by atoms with Crippen molar-refractivity contribution in [2.75, 3.05) is 31.1 Å². The first-order valence-electron chi connectivity index (χ1n) is 10.6. The number of aromatic nitrogens is 1. The summed E-state index contributed by atoms with van der Waals surface area (Å²) in [6.07, 6.45) is -2.52. The van der Waals surface area contributed by atoms with Gasteiger partial charge in [-0.2, -0.15) is 0 Å². The van der Waals surface area contributed by atoms with Crippen LogP contribution in [0.1, 0.15) is 16.8 Å². The van der Waals surface area contributed by atoms with E-state index >= 15 is 0 Å². The Hall–Kier alpha value is -3.46. The van der Waals surface area contributed by atoms with Crippen LogP contribution in [0, 0.1) is 0 Å². The molecule has 7 nitrogen and oxygen atoms in total. The van der Waals surface area contributed by atoms with Gasteiger partial charge in [-0.1, -0.05) is 24.3 Å². The van der Waals surface area contributed by atoms with Gasteiger partial charge in [0, 0.05) is 35.7 Å². The maximum absolute atomic E-state index is 14.7. The summed E-state index contributed by atoms with van der Waals surface area (Å²) < 4.78 is 39.9. The number of nitrogens with zero attached hydrogens (tertiary/aromatic N) is 3. The van der Waals surface area contributed by atoms with Gasteiger partial charge >= 0.3 is 6.09 Å². The second-order valence-corrected chi connectivity index (χ2v) is 8.03. The number of para-hydroxylation sites is 1. The number of carbonyl (C=O) groups excluding carboxylic acids is 2. The Morgan fingerprint density at radius 1 is 1.09 bits per heavy atom. The number of benzene rings is 2. The van der Waals surface area contributed by atoms with E-state index in [1.54, 1.807) is 42.5 Å². The monoisotopic (exact) mass is 489 g/mol. The predicted molar refractivity (Wildman–Crippen MR) is 124 cm³/mol. The van der Waals surface area contributed by atoms with Crippen molar-refractivity contribution < 1.29 is 27.8 Å². The van der Waals surface area contributed by atoms with Gasteiger partial charge in [-0.15, -0.1) is 12.4 Å². The topological polar surface area (TPSA) is 72.0 Å². The zero-order chi connectivity index (χ0) is 23.0. The smallest absolute Gasteiger partial charge is 0.414 e. The Kier molecular flexibility index (Phi) is 6.56. The fraction of sp³-hybridized carbons (Fsp3) is 0.292. The molecule has 2 aromatic carbocycles. The van der Waals surface area contributed by atoms with E-state index in [0.29, 0.717) is 23.3 Å². The minimum Gasteiger partial charge on any atom is -0.466 e. The van der Waals surface area contributed by atoms with E-state index in [-0.39, 0.29) is 38.0 Å². The van der Waals surface area contributed by atoms with E-state index in [1.807, 2.05) is 18.2 Å². The number of carbonyl (C=O) groups is 2. The predicted octanol–water partition coefficient (Wildman–Crippen LogP) is 4.54. The van der Waals surface area contributed by atoms with Gasteiger partial charge < -0.3 is 14.4 Å². The number of anilines is 1. The molecule has 1 atom stereocenters. The summed E-state index contributed by atoms with van der Waals surface area (Å²) in [4.78, 5) is 32.0. The first-order chi connectivity index (χ1) is 15.9. The van der Waals surface area contributed by atoms with Crippen molar-refractivity contribution in [1.82, 2.24) is 9.88 Å². The van der Waals surface area contributed by atoms with Gasteiger partial charge in [0.1, 0.15) is 6.61 Å². The van der Waals surface area contributed by atoms with Crippen molar-refractivity contribution in [3.8, 4) is 5.88 Å². The number of halogens is 3. The third kappa shape index (κ3) is 4.61. The first-order valence-corrected chi connectivity index (χ1v) is 10.6. The number of ether oxygens (including phenoxy) is 2. The average molecular weight is 490 g/mol. The maximum atomic E-state index is 14.7. The van der Waals surface area contributed by atoms with Gasteiger partial charge in [0.15, 0.2) is 6.10 Å². The lowest BCUT2D eigenvalue weighted by atomic mass is 10.0.